The van der Waals surface area contributed by atoms with E-state index in [1.54, 1.807) is 0 Å². The first-order valence-electron chi connectivity index (χ1n) is 0.400. The molecule has 0 aliphatic heterocycles. The van der Waals surface area contributed by atoms with Crippen LogP contribution in [0.15, 0.2) is 0 Å². The van der Waals surface area contributed by atoms with E-state index in [4.69, 9.17) is 5.26 Å². The molecule has 4 heteroatoms. The summed E-state index contributed by atoms with van der Waals surface area (Å²) in [5.74, 6) is 0. The van der Waals surface area contributed by atoms with Crippen LogP contribution in [0, 0.1) is 10.2 Å². The van der Waals surface area contributed by atoms with Gasteiger partial charge in [0.2, 0.25) is 0 Å². The average molecular weight is 261 g/mol. The predicted molar refractivity (Wildman–Crippen MR) is 21.3 cm³/mol. The van der Waals surface area contributed by atoms with Crippen LogP contribution < -0.4 is 0 Å². The number of nitrogens with zero attached hydrogens (tertiary/aromatic N) is 1. The quantitative estimate of drug-likeness (QED) is 0.484. The Morgan fingerprint density at radius 3 is 1.60 bits per heavy atom. The van der Waals surface area contributed by atoms with Crippen molar-refractivity contribution in [1.82, 2.24) is 0 Å². The van der Waals surface area contributed by atoms with Crippen LogP contribution in [-0.4, -0.2) is 100 Å². The standard InChI is InChI=1S/CN.Ba.Fe.K.3H/c1-2;;;;;;. The Kier molecular flexibility index (Phi) is 49.3. The second kappa shape index (κ2) is 15.7. The molecular formula is CH3BaFeKN. The summed E-state index contributed by atoms with van der Waals surface area (Å²) in [6.07, 6.45) is 0. The SMILES string of the molecule is N#[C][Fe].[BaH2].[KH]. The molecule has 0 aliphatic rings. The molecule has 0 radical (unpaired) electrons. The van der Waals surface area contributed by atoms with E-state index >= 15 is 0 Å². The van der Waals surface area contributed by atoms with Gasteiger partial charge in [-0.15, -0.1) is 0 Å². The van der Waals surface area contributed by atoms with Crippen molar-refractivity contribution in [3.63, 3.8) is 0 Å². The van der Waals surface area contributed by atoms with Gasteiger partial charge in [0.15, 0.2) is 0 Å². The van der Waals surface area contributed by atoms with Gasteiger partial charge in [0.05, 0.1) is 0 Å². The van der Waals surface area contributed by atoms with E-state index < -0.39 is 0 Å². The molecular weight excluding hydrogens is 258 g/mol. The van der Waals surface area contributed by atoms with E-state index in [1.165, 1.54) is 4.97 Å². The van der Waals surface area contributed by atoms with Gasteiger partial charge < -0.3 is 0 Å². The van der Waals surface area contributed by atoms with Crippen molar-refractivity contribution in [3.8, 4) is 4.97 Å². The van der Waals surface area contributed by atoms with E-state index in [2.05, 4.69) is 16.0 Å². The van der Waals surface area contributed by atoms with E-state index in [-0.39, 0.29) is 100 Å². The van der Waals surface area contributed by atoms with Crippen molar-refractivity contribution in [2.24, 2.45) is 0 Å². The monoisotopic (exact) mass is 262 g/mol. The minimum absolute atomic E-state index is 0. The number of hydrogen-bond acceptors (Lipinski definition) is 1. The fraction of sp³-hybridized carbons (Fsp3) is 0. The van der Waals surface area contributed by atoms with Crippen LogP contribution in [0.1, 0.15) is 0 Å². The van der Waals surface area contributed by atoms with Crippen molar-refractivity contribution < 1.29 is 16.0 Å². The van der Waals surface area contributed by atoms with Crippen LogP contribution in [-0.2, 0) is 16.0 Å². The summed E-state index contributed by atoms with van der Waals surface area (Å²) < 4.78 is 0. The molecule has 0 spiro atoms. The molecule has 0 fully saturated rings. The fourth-order valence-corrected chi connectivity index (χ4v) is 0. The van der Waals surface area contributed by atoms with Gasteiger partial charge in [-0.05, 0) is 0 Å². The molecule has 0 N–H and O–H groups in total. The molecule has 5 heavy (non-hydrogen) atoms. The molecule has 0 saturated carbocycles. The van der Waals surface area contributed by atoms with Gasteiger partial charge in [0, 0.05) is 0 Å². The second-order valence-electron chi connectivity index (χ2n) is 0.0791. The number of hydrogen-bond donors (Lipinski definition) is 0. The fourth-order valence-electron chi connectivity index (χ4n) is 0. The predicted octanol–water partition coefficient (Wildman–Crippen LogP) is -1.55. The normalized spacial score (nSPS) is 1.60. The van der Waals surface area contributed by atoms with Crippen LogP contribution in [0.25, 0.3) is 0 Å². The van der Waals surface area contributed by atoms with Gasteiger partial charge in [-0.2, -0.15) is 0 Å². The zero-order valence-corrected chi connectivity index (χ0v) is 2.40. The van der Waals surface area contributed by atoms with E-state index in [0.29, 0.717) is 0 Å². The molecule has 0 atom stereocenters. The minimum atomic E-state index is 0. The summed E-state index contributed by atoms with van der Waals surface area (Å²) >= 11 is 2.79. The third-order valence-corrected chi connectivity index (χ3v) is 0. The summed E-state index contributed by atoms with van der Waals surface area (Å²) in [7, 11) is 0. The first-order chi connectivity index (χ1) is 1.41. The molecule has 0 unspecified atom stereocenters. The van der Waals surface area contributed by atoms with E-state index in [9.17, 15) is 0 Å². The van der Waals surface area contributed by atoms with E-state index in [1.807, 2.05) is 0 Å². The second-order valence-corrected chi connectivity index (χ2v) is 0.326. The Morgan fingerprint density at radius 1 is 1.60 bits per heavy atom. The molecule has 0 saturated heterocycles. The van der Waals surface area contributed by atoms with Crippen molar-refractivity contribution in [2.45, 2.75) is 0 Å². The van der Waals surface area contributed by atoms with Gasteiger partial charge in [0.1, 0.15) is 0 Å². The van der Waals surface area contributed by atoms with Crippen LogP contribution in [0.2, 0.25) is 0 Å². The molecule has 0 aliphatic carbocycles. The van der Waals surface area contributed by atoms with Gasteiger partial charge in [0.25, 0.3) is 0 Å². The summed E-state index contributed by atoms with van der Waals surface area (Å²) in [6.45, 7) is 0. The summed E-state index contributed by atoms with van der Waals surface area (Å²) in [4.78, 5) is 1.50. The van der Waals surface area contributed by atoms with E-state index in [0.717, 1.165) is 0 Å². The zero-order chi connectivity index (χ0) is 2.71. The summed E-state index contributed by atoms with van der Waals surface area (Å²) in [5, 5.41) is 7.21. The van der Waals surface area contributed by atoms with Crippen molar-refractivity contribution in [1.29, 1.82) is 5.26 Å². The van der Waals surface area contributed by atoms with Gasteiger partial charge >= 0.3 is 127 Å². The molecule has 0 amide bonds. The molecule has 0 aromatic rings. The van der Waals surface area contributed by atoms with Crippen LogP contribution in [0.3, 0.4) is 0 Å². The molecule has 0 aromatic carbocycles. The molecule has 23 valence electrons. The van der Waals surface area contributed by atoms with Gasteiger partial charge in [-0.3, -0.25) is 0 Å². The molecule has 1 nitrogen and oxygen atoms in total. The average Bonchev–Trinajstić information content (AvgIpc) is 0.918. The first-order valence-corrected chi connectivity index (χ1v) is 0.952. The van der Waals surface area contributed by atoms with Gasteiger partial charge in [-0.1, -0.05) is 0 Å². The molecule has 0 rings (SSSR count). The third kappa shape index (κ3) is 19.0. The van der Waals surface area contributed by atoms with Crippen LogP contribution in [0.5, 0.6) is 0 Å². The maximum atomic E-state index is 7.21. The van der Waals surface area contributed by atoms with Crippen LogP contribution in [0.4, 0.5) is 0 Å². The number of nitriles is 1. The number of rotatable bonds is 0. The Balaban J connectivity index is -0.0000000200. The maximum absolute atomic E-state index is 7.21. The van der Waals surface area contributed by atoms with Gasteiger partial charge in [-0.25, -0.2) is 0 Å². The third-order valence-electron chi connectivity index (χ3n) is 0. The Morgan fingerprint density at radius 2 is 1.60 bits per heavy atom. The van der Waals surface area contributed by atoms with Crippen molar-refractivity contribution >= 4 is 100 Å². The molecule has 0 aromatic heterocycles. The van der Waals surface area contributed by atoms with Crippen molar-refractivity contribution in [3.05, 3.63) is 0 Å². The Bertz CT molecular complexity index is 33.1. The van der Waals surface area contributed by atoms with Crippen molar-refractivity contribution in [2.75, 3.05) is 0 Å². The van der Waals surface area contributed by atoms with Crippen LogP contribution >= 0.6 is 0 Å². The molecule has 0 heterocycles. The molecule has 0 bridgehead atoms. The first kappa shape index (κ1) is 15.7. The Labute approximate surface area is 123 Å². The topological polar surface area (TPSA) is 23.8 Å². The summed E-state index contributed by atoms with van der Waals surface area (Å²) in [5.41, 5.74) is 0. The zero-order valence-electron chi connectivity index (χ0n) is 1.30. The summed E-state index contributed by atoms with van der Waals surface area (Å²) in [6, 6.07) is 0. The Hall–Kier alpha value is 3.22.